The molecule has 1 aliphatic heterocycles. The Morgan fingerprint density at radius 2 is 1.75 bits per heavy atom. The van der Waals surface area contributed by atoms with Gasteiger partial charge in [0.05, 0.1) is 6.54 Å². The number of aliphatic hydroxyl groups is 1. The molecule has 3 aromatic carbocycles. The maximum Gasteiger partial charge on any atom is 0.251 e. The molecule has 44 heavy (non-hydrogen) atoms. The van der Waals surface area contributed by atoms with Crippen LogP contribution in [0.1, 0.15) is 47.7 Å². The molecule has 1 aliphatic carbocycles. The van der Waals surface area contributed by atoms with Crippen LogP contribution in [-0.4, -0.2) is 65.3 Å². The molecule has 7 nitrogen and oxygen atoms in total. The summed E-state index contributed by atoms with van der Waals surface area (Å²) in [5.74, 6) is -1.63. The van der Waals surface area contributed by atoms with Gasteiger partial charge in [0.25, 0.3) is 11.8 Å². The molecule has 0 saturated carbocycles. The maximum absolute atomic E-state index is 13.6. The van der Waals surface area contributed by atoms with Crippen molar-refractivity contribution in [2.75, 3.05) is 32.8 Å². The van der Waals surface area contributed by atoms with Crippen molar-refractivity contribution in [2.24, 2.45) is 0 Å². The molecule has 2 N–H and O–H groups in total. The van der Waals surface area contributed by atoms with E-state index in [1.165, 1.54) is 12.8 Å². The standard InChI is InChI=1S/C37H41N3O4/c1-2-44-37(43)20-18-34(19-21-37)40(35(41)17-16-29-10-4-3-5-11-29)28-30-12-8-13-31(26-30)32-14-9-15-33(27-32)36(42)38-22-25-39-23-6-7-24-39/h3-5,8-20,26-27,43H,2,6-7,21-25,28H2,1H3,(H,38,42)/b17-16+. The zero-order valence-corrected chi connectivity index (χ0v) is 25.3. The van der Waals surface area contributed by atoms with Crippen molar-refractivity contribution in [3.63, 3.8) is 0 Å². The smallest absolute Gasteiger partial charge is 0.251 e. The van der Waals surface area contributed by atoms with Crippen LogP contribution in [0.25, 0.3) is 17.2 Å². The fraction of sp³-hybridized carbons (Fsp3) is 0.297. The van der Waals surface area contributed by atoms with Gasteiger partial charge in [-0.15, -0.1) is 0 Å². The maximum atomic E-state index is 13.6. The van der Waals surface area contributed by atoms with Crippen molar-refractivity contribution in [1.82, 2.24) is 15.1 Å². The van der Waals surface area contributed by atoms with Crippen LogP contribution in [0.5, 0.6) is 0 Å². The first-order chi connectivity index (χ1) is 21.4. The van der Waals surface area contributed by atoms with Crippen molar-refractivity contribution >= 4 is 17.9 Å². The van der Waals surface area contributed by atoms with Gasteiger partial charge in [-0.25, -0.2) is 0 Å². The summed E-state index contributed by atoms with van der Waals surface area (Å²) in [7, 11) is 0. The number of ether oxygens (including phenoxy) is 1. The van der Waals surface area contributed by atoms with Crippen LogP contribution in [0, 0.1) is 0 Å². The highest BCUT2D eigenvalue weighted by atomic mass is 16.6. The highest BCUT2D eigenvalue weighted by molar-refractivity contribution is 5.95. The van der Waals surface area contributed by atoms with E-state index in [1.54, 1.807) is 29.2 Å². The Balaban J connectivity index is 1.32. The Morgan fingerprint density at radius 3 is 2.48 bits per heavy atom. The van der Waals surface area contributed by atoms with E-state index in [1.807, 2.05) is 85.8 Å². The average Bonchev–Trinajstić information content (AvgIpc) is 3.57. The lowest BCUT2D eigenvalue weighted by Gasteiger charge is -2.30. The first-order valence-electron chi connectivity index (χ1n) is 15.4. The second kappa shape index (κ2) is 14.9. The minimum atomic E-state index is -1.38. The molecule has 1 fully saturated rings. The second-order valence-electron chi connectivity index (χ2n) is 11.2. The highest BCUT2D eigenvalue weighted by Gasteiger charge is 2.28. The van der Waals surface area contributed by atoms with Gasteiger partial charge in [0, 0.05) is 43.5 Å². The van der Waals surface area contributed by atoms with Gasteiger partial charge in [-0.1, -0.05) is 66.7 Å². The minimum absolute atomic E-state index is 0.0767. The van der Waals surface area contributed by atoms with Gasteiger partial charge in [0.1, 0.15) is 0 Å². The van der Waals surface area contributed by atoms with E-state index in [9.17, 15) is 14.7 Å². The summed E-state index contributed by atoms with van der Waals surface area (Å²) in [6, 6.07) is 25.4. The third-order valence-corrected chi connectivity index (χ3v) is 7.95. The summed E-state index contributed by atoms with van der Waals surface area (Å²) in [5, 5.41) is 13.7. The lowest BCUT2D eigenvalue weighted by atomic mass is 10.00. The number of nitrogens with zero attached hydrogens (tertiary/aromatic N) is 2. The summed E-state index contributed by atoms with van der Waals surface area (Å²) < 4.78 is 5.49. The fourth-order valence-electron chi connectivity index (χ4n) is 5.59. The van der Waals surface area contributed by atoms with Crippen molar-refractivity contribution in [3.8, 4) is 11.1 Å². The number of benzene rings is 3. The van der Waals surface area contributed by atoms with Crippen LogP contribution in [0.4, 0.5) is 0 Å². The molecule has 1 atom stereocenters. The van der Waals surface area contributed by atoms with Gasteiger partial charge in [0.15, 0.2) is 5.79 Å². The molecule has 5 rings (SSSR count). The zero-order valence-electron chi connectivity index (χ0n) is 25.3. The normalized spacial score (nSPS) is 18.4. The number of carbonyl (C=O) groups is 2. The topological polar surface area (TPSA) is 82.1 Å². The van der Waals surface area contributed by atoms with E-state index in [0.29, 0.717) is 31.0 Å². The van der Waals surface area contributed by atoms with E-state index >= 15 is 0 Å². The average molecular weight is 592 g/mol. The van der Waals surface area contributed by atoms with Crippen molar-refractivity contribution in [2.45, 2.75) is 38.5 Å². The molecule has 0 bridgehead atoms. The summed E-state index contributed by atoms with van der Waals surface area (Å²) in [6.45, 7) is 6.26. The number of allylic oxidation sites excluding steroid dienone is 1. The monoisotopic (exact) mass is 591 g/mol. The second-order valence-corrected chi connectivity index (χ2v) is 11.2. The molecule has 1 heterocycles. The van der Waals surface area contributed by atoms with Crippen LogP contribution in [0.3, 0.4) is 0 Å². The van der Waals surface area contributed by atoms with Gasteiger partial charge in [-0.3, -0.25) is 9.59 Å². The van der Waals surface area contributed by atoms with Crippen LogP contribution < -0.4 is 5.32 Å². The number of carbonyl (C=O) groups excluding carboxylic acids is 2. The third kappa shape index (κ3) is 8.41. The molecular weight excluding hydrogens is 550 g/mol. The highest BCUT2D eigenvalue weighted by Crippen LogP contribution is 2.27. The fourth-order valence-corrected chi connectivity index (χ4v) is 5.59. The Hall–Kier alpha value is -4.30. The SMILES string of the molecule is CCOC1(O)C=CC(N(Cc2cccc(-c3cccc(C(=O)NCCN4CCCC4)c3)c2)C(=O)/C=C/c2ccccc2)=CC1. The molecule has 0 spiro atoms. The lowest BCUT2D eigenvalue weighted by molar-refractivity contribution is -0.161. The van der Waals surface area contributed by atoms with Crippen LogP contribution in [-0.2, 0) is 16.1 Å². The van der Waals surface area contributed by atoms with E-state index in [4.69, 9.17) is 4.74 Å². The first-order valence-corrected chi connectivity index (χ1v) is 15.4. The van der Waals surface area contributed by atoms with Crippen molar-refractivity contribution < 1.29 is 19.4 Å². The Kier molecular flexibility index (Phi) is 10.6. The number of hydrogen-bond donors (Lipinski definition) is 2. The Morgan fingerprint density at radius 1 is 1.00 bits per heavy atom. The van der Waals surface area contributed by atoms with Gasteiger partial charge in [-0.2, -0.15) is 0 Å². The number of likely N-dealkylation sites (tertiary alicyclic amines) is 1. The van der Waals surface area contributed by atoms with Crippen LogP contribution in [0.15, 0.2) is 109 Å². The number of amides is 2. The first kappa shape index (κ1) is 31.1. The molecule has 228 valence electrons. The molecular formula is C37H41N3O4. The predicted molar refractivity (Wildman–Crippen MR) is 174 cm³/mol. The van der Waals surface area contributed by atoms with Gasteiger partial charge >= 0.3 is 0 Å². The molecule has 1 unspecified atom stereocenters. The third-order valence-electron chi connectivity index (χ3n) is 7.95. The molecule has 3 aromatic rings. The Labute approximate surface area is 260 Å². The summed E-state index contributed by atoms with van der Waals surface area (Å²) in [4.78, 5) is 30.6. The van der Waals surface area contributed by atoms with Crippen LogP contribution >= 0.6 is 0 Å². The number of rotatable bonds is 12. The van der Waals surface area contributed by atoms with Gasteiger partial charge in [0.2, 0.25) is 0 Å². The molecule has 0 aromatic heterocycles. The molecule has 7 heteroatoms. The quantitative estimate of drug-likeness (QED) is 0.206. The van der Waals surface area contributed by atoms with E-state index in [2.05, 4.69) is 16.3 Å². The summed E-state index contributed by atoms with van der Waals surface area (Å²) in [6.07, 6.45) is 11.3. The molecule has 0 radical (unpaired) electrons. The van der Waals surface area contributed by atoms with Gasteiger partial charge in [-0.05, 0) is 91.5 Å². The zero-order chi connectivity index (χ0) is 30.8. The summed E-state index contributed by atoms with van der Waals surface area (Å²) >= 11 is 0. The molecule has 1 saturated heterocycles. The van der Waals surface area contributed by atoms with Crippen LogP contribution in [0.2, 0.25) is 0 Å². The molecule has 2 amide bonds. The van der Waals surface area contributed by atoms with Crippen molar-refractivity contribution in [1.29, 1.82) is 0 Å². The lowest BCUT2D eigenvalue weighted by Crippen LogP contribution is -2.34. The summed E-state index contributed by atoms with van der Waals surface area (Å²) in [5.41, 5.74) is 5.07. The van der Waals surface area contributed by atoms with Crippen molar-refractivity contribution in [3.05, 3.63) is 126 Å². The Bertz CT molecular complexity index is 1520. The predicted octanol–water partition coefficient (Wildman–Crippen LogP) is 5.79. The number of nitrogens with one attached hydrogen (secondary N) is 1. The molecule has 2 aliphatic rings. The number of hydrogen-bond acceptors (Lipinski definition) is 5. The van der Waals surface area contributed by atoms with E-state index in [-0.39, 0.29) is 18.2 Å². The van der Waals surface area contributed by atoms with Gasteiger partial charge < -0.3 is 25.0 Å². The largest absolute Gasteiger partial charge is 0.362 e. The van der Waals surface area contributed by atoms with E-state index < -0.39 is 5.79 Å². The minimum Gasteiger partial charge on any atom is -0.362 e. The van der Waals surface area contributed by atoms with E-state index in [0.717, 1.165) is 41.9 Å².